The molecule has 1 aromatic carbocycles. The van der Waals surface area contributed by atoms with Gasteiger partial charge in [-0.05, 0) is 23.6 Å². The van der Waals surface area contributed by atoms with Crippen LogP contribution >= 0.6 is 22.7 Å². The summed E-state index contributed by atoms with van der Waals surface area (Å²) in [5.74, 6) is 0. The minimum absolute atomic E-state index is 0.442. The van der Waals surface area contributed by atoms with Gasteiger partial charge in [0, 0.05) is 0 Å². The molecule has 0 bridgehead atoms. The average Bonchev–Trinajstić information content (AvgIpc) is 3.25. The van der Waals surface area contributed by atoms with Crippen molar-refractivity contribution >= 4 is 42.9 Å². The molecule has 0 unspecified atom stereocenters. The summed E-state index contributed by atoms with van der Waals surface area (Å²) in [6.07, 6.45) is 0. The van der Waals surface area contributed by atoms with Crippen LogP contribution in [-0.2, 0) is 16.6 Å². The first-order chi connectivity index (χ1) is 11.6. The normalized spacial score (nSPS) is 17.5. The molecule has 0 atom stereocenters. The molecule has 3 aromatic rings. The van der Waals surface area contributed by atoms with E-state index in [9.17, 15) is 8.42 Å². The minimum atomic E-state index is -3.31. The lowest BCUT2D eigenvalue weighted by atomic mass is 10.3. The summed E-state index contributed by atoms with van der Waals surface area (Å²) >= 11 is 3.02. The number of hydrogen-bond acceptors (Lipinski definition) is 5. The summed E-state index contributed by atoms with van der Waals surface area (Å²) in [5, 5.41) is 2.93. The number of quaternary nitrogens is 1. The quantitative estimate of drug-likeness (QED) is 0.745. The fourth-order valence-electron chi connectivity index (χ4n) is 2.97. The van der Waals surface area contributed by atoms with Gasteiger partial charge in [0.2, 0.25) is 0 Å². The fraction of sp³-hybridized carbons (Fsp3) is 0.312. The van der Waals surface area contributed by atoms with Crippen LogP contribution in [0.2, 0.25) is 0 Å². The number of aromatic nitrogens is 1. The van der Waals surface area contributed by atoms with Crippen LogP contribution in [0.1, 0.15) is 5.01 Å². The third-order valence-electron chi connectivity index (χ3n) is 4.26. The average molecular weight is 381 g/mol. The molecule has 126 valence electrons. The number of rotatable bonds is 4. The van der Waals surface area contributed by atoms with Gasteiger partial charge in [-0.1, -0.05) is 18.2 Å². The van der Waals surface area contributed by atoms with Gasteiger partial charge in [0.1, 0.15) is 15.8 Å². The summed E-state index contributed by atoms with van der Waals surface area (Å²) in [6.45, 7) is 3.65. The van der Waals surface area contributed by atoms with Gasteiger partial charge < -0.3 is 4.90 Å². The number of sulfonamides is 1. The lowest BCUT2D eigenvalue weighted by Gasteiger charge is -2.30. The maximum absolute atomic E-state index is 12.5. The van der Waals surface area contributed by atoms with E-state index in [-0.39, 0.29) is 0 Å². The van der Waals surface area contributed by atoms with E-state index in [1.54, 1.807) is 27.8 Å². The zero-order valence-corrected chi connectivity index (χ0v) is 15.5. The molecule has 0 spiro atoms. The Labute approximate surface area is 149 Å². The first-order valence-corrected chi connectivity index (χ1v) is 11.0. The Hall–Kier alpha value is -1.32. The molecule has 4 rings (SSSR count). The summed E-state index contributed by atoms with van der Waals surface area (Å²) in [6, 6.07) is 11.6. The predicted molar refractivity (Wildman–Crippen MR) is 97.1 cm³/mol. The maximum atomic E-state index is 12.5. The molecule has 5 nitrogen and oxygen atoms in total. The van der Waals surface area contributed by atoms with Crippen molar-refractivity contribution in [3.8, 4) is 0 Å². The molecule has 0 aliphatic carbocycles. The van der Waals surface area contributed by atoms with E-state index in [0.29, 0.717) is 17.3 Å². The number of benzene rings is 1. The van der Waals surface area contributed by atoms with Crippen molar-refractivity contribution in [2.45, 2.75) is 10.8 Å². The standard InChI is InChI=1S/C16H17N3O2S3/c20-24(21,16-6-3-11-22-16)19-9-7-18(8-10-19)12-15-17-13-4-1-2-5-14(13)23-15/h1-6,11H,7-10,12H2/p+1. The number of nitrogens with zero attached hydrogens (tertiary/aromatic N) is 2. The second kappa shape index (κ2) is 6.53. The third-order valence-corrected chi connectivity index (χ3v) is 8.57. The van der Waals surface area contributed by atoms with Crippen molar-refractivity contribution in [1.29, 1.82) is 0 Å². The molecule has 1 fully saturated rings. The number of thiophene rings is 1. The molecule has 0 amide bonds. The van der Waals surface area contributed by atoms with Crippen LogP contribution in [0.4, 0.5) is 0 Å². The van der Waals surface area contributed by atoms with Gasteiger partial charge in [0.25, 0.3) is 10.0 Å². The first kappa shape index (κ1) is 16.2. The number of para-hydroxylation sites is 1. The van der Waals surface area contributed by atoms with E-state index in [4.69, 9.17) is 0 Å². The van der Waals surface area contributed by atoms with E-state index in [0.717, 1.165) is 30.2 Å². The highest BCUT2D eigenvalue weighted by molar-refractivity contribution is 7.91. The highest BCUT2D eigenvalue weighted by Crippen LogP contribution is 2.22. The van der Waals surface area contributed by atoms with Crippen LogP contribution in [0.25, 0.3) is 10.2 Å². The van der Waals surface area contributed by atoms with E-state index < -0.39 is 10.0 Å². The molecule has 1 N–H and O–H groups in total. The van der Waals surface area contributed by atoms with Gasteiger partial charge in [-0.25, -0.2) is 13.4 Å². The van der Waals surface area contributed by atoms with Crippen molar-refractivity contribution in [2.75, 3.05) is 26.2 Å². The van der Waals surface area contributed by atoms with E-state index in [1.807, 2.05) is 23.6 Å². The lowest BCUT2D eigenvalue weighted by Crippen LogP contribution is -3.13. The number of fused-ring (bicyclic) bond motifs is 1. The molecule has 8 heteroatoms. The Kier molecular flexibility index (Phi) is 4.40. The molecule has 1 aliphatic heterocycles. The SMILES string of the molecule is O=S(=O)(c1cccs1)N1CC[NH+](Cc2nc3ccccc3s2)CC1. The maximum Gasteiger partial charge on any atom is 0.252 e. The third kappa shape index (κ3) is 3.12. The second-order valence-corrected chi connectivity index (χ2v) is 10.1. The van der Waals surface area contributed by atoms with E-state index >= 15 is 0 Å². The molecule has 1 saturated heterocycles. The minimum Gasteiger partial charge on any atom is -0.327 e. The monoisotopic (exact) mass is 380 g/mol. The van der Waals surface area contributed by atoms with E-state index in [1.165, 1.54) is 20.9 Å². The van der Waals surface area contributed by atoms with Crippen LogP contribution < -0.4 is 4.90 Å². The number of thiazole rings is 1. The topological polar surface area (TPSA) is 54.7 Å². The van der Waals surface area contributed by atoms with Crippen molar-refractivity contribution in [3.05, 3.63) is 46.8 Å². The Morgan fingerprint density at radius 1 is 1.12 bits per heavy atom. The zero-order valence-electron chi connectivity index (χ0n) is 13.0. The van der Waals surface area contributed by atoms with Crippen molar-refractivity contribution in [2.24, 2.45) is 0 Å². The molecule has 0 radical (unpaired) electrons. The zero-order chi connectivity index (χ0) is 16.6. The summed E-state index contributed by atoms with van der Waals surface area (Å²) in [4.78, 5) is 6.08. The van der Waals surface area contributed by atoms with Crippen molar-refractivity contribution in [1.82, 2.24) is 9.29 Å². The summed E-state index contributed by atoms with van der Waals surface area (Å²) in [5.41, 5.74) is 1.05. The molecular weight excluding hydrogens is 362 g/mol. The Bertz CT molecular complexity index is 894. The van der Waals surface area contributed by atoms with Gasteiger partial charge in [0.05, 0.1) is 36.4 Å². The van der Waals surface area contributed by atoms with Crippen molar-refractivity contribution in [3.63, 3.8) is 0 Å². The summed E-state index contributed by atoms with van der Waals surface area (Å²) < 4.78 is 28.4. The van der Waals surface area contributed by atoms with Crippen LogP contribution in [-0.4, -0.2) is 43.9 Å². The highest BCUT2D eigenvalue weighted by Gasteiger charge is 2.31. The molecule has 0 saturated carbocycles. The van der Waals surface area contributed by atoms with Crippen LogP contribution in [0.15, 0.2) is 46.0 Å². The van der Waals surface area contributed by atoms with E-state index in [2.05, 4.69) is 11.1 Å². The Balaban J connectivity index is 1.41. The predicted octanol–water partition coefficient (Wildman–Crippen LogP) is 1.45. The van der Waals surface area contributed by atoms with Gasteiger partial charge in [-0.2, -0.15) is 4.31 Å². The van der Waals surface area contributed by atoms with Crippen molar-refractivity contribution < 1.29 is 13.3 Å². The Morgan fingerprint density at radius 3 is 2.62 bits per heavy atom. The van der Waals surface area contributed by atoms with Crippen LogP contribution in [0.5, 0.6) is 0 Å². The molecule has 24 heavy (non-hydrogen) atoms. The first-order valence-electron chi connectivity index (χ1n) is 7.84. The number of piperazine rings is 1. The smallest absolute Gasteiger partial charge is 0.252 e. The number of hydrogen-bond donors (Lipinski definition) is 1. The fourth-order valence-corrected chi connectivity index (χ4v) is 6.59. The van der Waals surface area contributed by atoms with Gasteiger partial charge in [-0.3, -0.25) is 0 Å². The summed E-state index contributed by atoms with van der Waals surface area (Å²) in [7, 11) is -3.31. The lowest BCUT2D eigenvalue weighted by molar-refractivity contribution is -0.917. The van der Waals surface area contributed by atoms with Crippen LogP contribution in [0.3, 0.4) is 0 Å². The molecule has 3 heterocycles. The van der Waals surface area contributed by atoms with Gasteiger partial charge in [0.15, 0.2) is 0 Å². The van der Waals surface area contributed by atoms with Gasteiger partial charge in [-0.15, -0.1) is 22.7 Å². The van der Waals surface area contributed by atoms with Crippen LogP contribution in [0, 0.1) is 0 Å². The van der Waals surface area contributed by atoms with Gasteiger partial charge >= 0.3 is 0 Å². The largest absolute Gasteiger partial charge is 0.327 e. The molecule has 1 aliphatic rings. The molecular formula is C16H18N3O2S3+. The highest BCUT2D eigenvalue weighted by atomic mass is 32.2. The second-order valence-electron chi connectivity index (χ2n) is 5.84. The Morgan fingerprint density at radius 2 is 1.92 bits per heavy atom. The molecule has 2 aromatic heterocycles. The number of nitrogens with one attached hydrogen (secondary N) is 1.